The Balaban J connectivity index is 2.32. The molecule has 0 saturated carbocycles. The van der Waals surface area contributed by atoms with Crippen molar-refractivity contribution in [2.75, 3.05) is 10.0 Å². The average molecular weight is 318 g/mol. The molecular weight excluding hydrogens is 300 g/mol. The molecule has 0 radical (unpaired) electrons. The van der Waals surface area contributed by atoms with Gasteiger partial charge < -0.3 is 5.32 Å². The van der Waals surface area contributed by atoms with E-state index in [0.717, 1.165) is 11.1 Å². The molecule has 5 nitrogen and oxygen atoms in total. The van der Waals surface area contributed by atoms with Crippen LogP contribution in [0.5, 0.6) is 0 Å². The van der Waals surface area contributed by atoms with Gasteiger partial charge in [-0.1, -0.05) is 23.8 Å². The van der Waals surface area contributed by atoms with Crippen LogP contribution in [0.4, 0.5) is 11.4 Å². The molecule has 22 heavy (non-hydrogen) atoms. The molecule has 2 aromatic carbocycles. The van der Waals surface area contributed by atoms with E-state index in [2.05, 4.69) is 10.0 Å². The maximum absolute atomic E-state index is 12.4. The lowest BCUT2D eigenvalue weighted by atomic mass is 10.2. The molecule has 1 amide bonds. The monoisotopic (exact) mass is 318 g/mol. The third-order valence-electron chi connectivity index (χ3n) is 3.13. The van der Waals surface area contributed by atoms with E-state index < -0.39 is 10.0 Å². The Morgan fingerprint density at radius 1 is 1.00 bits per heavy atom. The Morgan fingerprint density at radius 3 is 2.23 bits per heavy atom. The molecule has 0 aliphatic carbocycles. The second kappa shape index (κ2) is 6.19. The molecule has 0 heterocycles. The molecule has 0 unspecified atom stereocenters. The van der Waals surface area contributed by atoms with Gasteiger partial charge in [-0.2, -0.15) is 0 Å². The fourth-order valence-electron chi connectivity index (χ4n) is 1.93. The SMILES string of the molecule is CC(=O)Nc1ccc(C)c(NS(=O)(=O)c2ccc(C)cc2)c1. The standard InChI is InChI=1S/C16H18N2O3S/c1-11-4-8-15(9-5-11)22(20,21)18-16-10-14(17-13(3)19)7-6-12(16)2/h4-10,18H,1-3H3,(H,17,19). The van der Waals surface area contributed by atoms with Crippen LogP contribution in [0.1, 0.15) is 18.1 Å². The summed E-state index contributed by atoms with van der Waals surface area (Å²) in [7, 11) is -3.66. The first-order valence-electron chi connectivity index (χ1n) is 6.76. The van der Waals surface area contributed by atoms with Crippen LogP contribution >= 0.6 is 0 Å². The summed E-state index contributed by atoms with van der Waals surface area (Å²) >= 11 is 0. The summed E-state index contributed by atoms with van der Waals surface area (Å²) in [4.78, 5) is 11.3. The van der Waals surface area contributed by atoms with E-state index in [1.807, 2.05) is 6.92 Å². The molecule has 0 aliphatic rings. The molecule has 0 atom stereocenters. The van der Waals surface area contributed by atoms with Crippen LogP contribution in [0.15, 0.2) is 47.4 Å². The van der Waals surface area contributed by atoms with Gasteiger partial charge in [0.15, 0.2) is 0 Å². The summed E-state index contributed by atoms with van der Waals surface area (Å²) in [6.07, 6.45) is 0. The van der Waals surface area contributed by atoms with Crippen molar-refractivity contribution in [2.24, 2.45) is 0 Å². The summed E-state index contributed by atoms with van der Waals surface area (Å²) in [5.41, 5.74) is 2.74. The highest BCUT2D eigenvalue weighted by Crippen LogP contribution is 2.23. The Labute approximate surface area is 130 Å². The summed E-state index contributed by atoms with van der Waals surface area (Å²) < 4.78 is 27.4. The maximum atomic E-state index is 12.4. The first-order valence-corrected chi connectivity index (χ1v) is 8.24. The van der Waals surface area contributed by atoms with Crippen molar-refractivity contribution in [3.8, 4) is 0 Å². The van der Waals surface area contributed by atoms with Gasteiger partial charge in [0.2, 0.25) is 5.91 Å². The average Bonchev–Trinajstić information content (AvgIpc) is 2.42. The second-order valence-electron chi connectivity index (χ2n) is 5.13. The van der Waals surface area contributed by atoms with Gasteiger partial charge in [-0.15, -0.1) is 0 Å². The number of anilines is 2. The number of nitrogens with one attached hydrogen (secondary N) is 2. The number of hydrogen-bond donors (Lipinski definition) is 2. The zero-order valence-corrected chi connectivity index (χ0v) is 13.5. The largest absolute Gasteiger partial charge is 0.326 e. The van der Waals surface area contributed by atoms with Crippen molar-refractivity contribution in [3.63, 3.8) is 0 Å². The van der Waals surface area contributed by atoms with Crippen molar-refractivity contribution in [2.45, 2.75) is 25.7 Å². The quantitative estimate of drug-likeness (QED) is 0.909. The van der Waals surface area contributed by atoms with Gasteiger partial charge in [0.05, 0.1) is 10.6 Å². The molecule has 0 saturated heterocycles. The van der Waals surface area contributed by atoms with Gasteiger partial charge in [-0.3, -0.25) is 9.52 Å². The highest BCUT2D eigenvalue weighted by atomic mass is 32.2. The highest BCUT2D eigenvalue weighted by Gasteiger charge is 2.15. The molecule has 6 heteroatoms. The summed E-state index contributed by atoms with van der Waals surface area (Å²) in [6, 6.07) is 11.7. The van der Waals surface area contributed by atoms with Crippen LogP contribution < -0.4 is 10.0 Å². The molecule has 116 valence electrons. The number of carbonyl (C=O) groups is 1. The minimum absolute atomic E-state index is 0.197. The fraction of sp³-hybridized carbons (Fsp3) is 0.188. The van der Waals surface area contributed by atoms with Crippen molar-refractivity contribution < 1.29 is 13.2 Å². The molecule has 0 spiro atoms. The van der Waals surface area contributed by atoms with Crippen LogP contribution in [-0.4, -0.2) is 14.3 Å². The molecule has 0 aliphatic heterocycles. The predicted octanol–water partition coefficient (Wildman–Crippen LogP) is 3.06. The Bertz CT molecular complexity index is 797. The van der Waals surface area contributed by atoms with Crippen molar-refractivity contribution in [1.82, 2.24) is 0 Å². The third-order valence-corrected chi connectivity index (χ3v) is 4.51. The van der Waals surface area contributed by atoms with Crippen molar-refractivity contribution >= 4 is 27.3 Å². The van der Waals surface area contributed by atoms with Gasteiger partial charge in [-0.25, -0.2) is 8.42 Å². The summed E-state index contributed by atoms with van der Waals surface area (Å²) in [5, 5.41) is 2.63. The van der Waals surface area contributed by atoms with Gasteiger partial charge in [-0.05, 0) is 43.7 Å². The molecular formula is C16H18N2O3S. The number of rotatable bonds is 4. The van der Waals surface area contributed by atoms with E-state index in [1.165, 1.54) is 6.92 Å². The normalized spacial score (nSPS) is 11.0. The number of amides is 1. The van der Waals surface area contributed by atoms with E-state index in [1.54, 1.807) is 49.4 Å². The van der Waals surface area contributed by atoms with Gasteiger partial charge in [0.25, 0.3) is 10.0 Å². The van der Waals surface area contributed by atoms with Crippen LogP contribution in [0.25, 0.3) is 0 Å². The zero-order valence-electron chi connectivity index (χ0n) is 12.7. The van der Waals surface area contributed by atoms with Crippen molar-refractivity contribution in [1.29, 1.82) is 0 Å². The second-order valence-corrected chi connectivity index (χ2v) is 6.81. The summed E-state index contributed by atoms with van der Waals surface area (Å²) in [5.74, 6) is -0.212. The zero-order chi connectivity index (χ0) is 16.3. The lowest BCUT2D eigenvalue weighted by Crippen LogP contribution is -2.14. The van der Waals surface area contributed by atoms with E-state index >= 15 is 0 Å². The van der Waals surface area contributed by atoms with Crippen LogP contribution in [0, 0.1) is 13.8 Å². The van der Waals surface area contributed by atoms with Gasteiger partial charge >= 0.3 is 0 Å². The Kier molecular flexibility index (Phi) is 4.51. The molecule has 0 fully saturated rings. The Morgan fingerprint density at radius 2 is 1.64 bits per heavy atom. The predicted molar refractivity (Wildman–Crippen MR) is 87.5 cm³/mol. The van der Waals surface area contributed by atoms with E-state index in [4.69, 9.17) is 0 Å². The minimum atomic E-state index is -3.66. The highest BCUT2D eigenvalue weighted by molar-refractivity contribution is 7.92. The number of aryl methyl sites for hydroxylation is 2. The third kappa shape index (κ3) is 3.85. The first-order chi connectivity index (χ1) is 10.3. The van der Waals surface area contributed by atoms with Crippen LogP contribution in [0.2, 0.25) is 0 Å². The van der Waals surface area contributed by atoms with Crippen LogP contribution in [0.3, 0.4) is 0 Å². The lowest BCUT2D eigenvalue weighted by molar-refractivity contribution is -0.114. The molecule has 2 N–H and O–H groups in total. The summed E-state index contributed by atoms with van der Waals surface area (Å²) in [6.45, 7) is 5.09. The van der Waals surface area contributed by atoms with Gasteiger partial charge in [0.1, 0.15) is 0 Å². The van der Waals surface area contributed by atoms with Crippen molar-refractivity contribution in [3.05, 3.63) is 53.6 Å². The maximum Gasteiger partial charge on any atom is 0.261 e. The van der Waals surface area contributed by atoms with E-state index in [-0.39, 0.29) is 10.8 Å². The van der Waals surface area contributed by atoms with Crippen LogP contribution in [-0.2, 0) is 14.8 Å². The smallest absolute Gasteiger partial charge is 0.261 e. The first kappa shape index (κ1) is 16.0. The molecule has 0 bridgehead atoms. The molecule has 0 aromatic heterocycles. The fourth-order valence-corrected chi connectivity index (χ4v) is 3.06. The Hall–Kier alpha value is -2.34. The molecule has 2 rings (SSSR count). The number of sulfonamides is 1. The topological polar surface area (TPSA) is 75.3 Å². The number of benzene rings is 2. The van der Waals surface area contributed by atoms with Gasteiger partial charge in [0, 0.05) is 12.6 Å². The number of carbonyl (C=O) groups excluding carboxylic acids is 1. The van der Waals surface area contributed by atoms with E-state index in [9.17, 15) is 13.2 Å². The van der Waals surface area contributed by atoms with E-state index in [0.29, 0.717) is 11.4 Å². The minimum Gasteiger partial charge on any atom is -0.326 e. The molecule has 2 aromatic rings. The lowest BCUT2D eigenvalue weighted by Gasteiger charge is -2.12. The number of hydrogen-bond acceptors (Lipinski definition) is 3.